The van der Waals surface area contributed by atoms with Crippen molar-refractivity contribution in [2.45, 2.75) is 50.4 Å². The molecule has 3 atom stereocenters. The highest BCUT2D eigenvalue weighted by Crippen LogP contribution is 2.49. The molecule has 1 amide bonds. The molecule has 3 fully saturated rings. The van der Waals surface area contributed by atoms with Gasteiger partial charge in [0.15, 0.2) is 11.5 Å². The van der Waals surface area contributed by atoms with Crippen LogP contribution in [0.4, 0.5) is 0 Å². The third kappa shape index (κ3) is 3.31. The molecular weight excluding hydrogens is 342 g/mol. The van der Waals surface area contributed by atoms with E-state index in [-0.39, 0.29) is 18.1 Å². The molecule has 1 aromatic carbocycles. The van der Waals surface area contributed by atoms with Crippen molar-refractivity contribution in [2.75, 3.05) is 26.6 Å². The summed E-state index contributed by atoms with van der Waals surface area (Å²) in [4.78, 5) is 12.7. The summed E-state index contributed by atoms with van der Waals surface area (Å²) in [6.45, 7) is 2.43. The smallest absolute Gasteiger partial charge is 0.231 e. The summed E-state index contributed by atoms with van der Waals surface area (Å²) < 4.78 is 16.6. The van der Waals surface area contributed by atoms with E-state index in [0.717, 1.165) is 49.4 Å². The summed E-state index contributed by atoms with van der Waals surface area (Å²) in [7, 11) is 0. The van der Waals surface area contributed by atoms with Gasteiger partial charge in [0.25, 0.3) is 0 Å². The van der Waals surface area contributed by atoms with Crippen molar-refractivity contribution in [3.63, 3.8) is 0 Å². The number of hydrogen-bond acceptors (Lipinski definition) is 4. The molecule has 3 unspecified atom stereocenters. The van der Waals surface area contributed by atoms with Gasteiger partial charge in [-0.3, -0.25) is 4.79 Å². The van der Waals surface area contributed by atoms with E-state index in [2.05, 4.69) is 17.4 Å². The minimum atomic E-state index is -0.0798. The largest absolute Gasteiger partial charge is 0.454 e. The van der Waals surface area contributed by atoms with Crippen LogP contribution in [0.3, 0.4) is 0 Å². The van der Waals surface area contributed by atoms with Gasteiger partial charge < -0.3 is 19.5 Å². The molecule has 0 spiro atoms. The van der Waals surface area contributed by atoms with Crippen LogP contribution in [0.15, 0.2) is 18.2 Å². The molecule has 4 aliphatic rings. The van der Waals surface area contributed by atoms with Crippen LogP contribution in [0.5, 0.6) is 11.5 Å². The quantitative estimate of drug-likeness (QED) is 0.862. The first-order valence-corrected chi connectivity index (χ1v) is 10.5. The number of nitrogens with one attached hydrogen (secondary N) is 1. The molecule has 5 rings (SSSR count). The molecule has 2 aliphatic carbocycles. The highest BCUT2D eigenvalue weighted by molar-refractivity contribution is 5.76. The summed E-state index contributed by atoms with van der Waals surface area (Å²) in [5.41, 5.74) is 1.14. The van der Waals surface area contributed by atoms with E-state index >= 15 is 0 Å². The molecule has 2 saturated carbocycles. The SMILES string of the molecule is O=C(CC1CC2CCC1C2)NCC1(c2ccc3c(c2)OCO3)CCOCC1. The van der Waals surface area contributed by atoms with Gasteiger partial charge in [-0.05, 0) is 67.6 Å². The second kappa shape index (κ2) is 7.01. The Bertz CT molecular complexity index is 712. The second-order valence-corrected chi connectivity index (χ2v) is 8.88. The maximum absolute atomic E-state index is 12.7. The summed E-state index contributed by atoms with van der Waals surface area (Å²) in [5.74, 6) is 4.14. The lowest BCUT2D eigenvalue weighted by atomic mass is 9.74. The average Bonchev–Trinajstić information content (AvgIpc) is 3.43. The summed E-state index contributed by atoms with van der Waals surface area (Å²) >= 11 is 0. The minimum Gasteiger partial charge on any atom is -0.454 e. The second-order valence-electron chi connectivity index (χ2n) is 8.88. The number of carbonyl (C=O) groups excluding carboxylic acids is 1. The van der Waals surface area contributed by atoms with Crippen LogP contribution in [0.1, 0.15) is 50.5 Å². The van der Waals surface area contributed by atoms with Crippen molar-refractivity contribution in [1.29, 1.82) is 0 Å². The number of benzene rings is 1. The maximum Gasteiger partial charge on any atom is 0.231 e. The molecular formula is C22H29NO4. The molecule has 0 aromatic heterocycles. The van der Waals surface area contributed by atoms with E-state index in [1.807, 2.05) is 6.07 Å². The Morgan fingerprint density at radius 1 is 1.11 bits per heavy atom. The van der Waals surface area contributed by atoms with E-state index in [4.69, 9.17) is 14.2 Å². The zero-order valence-electron chi connectivity index (χ0n) is 15.9. The van der Waals surface area contributed by atoms with Gasteiger partial charge in [-0.25, -0.2) is 0 Å². The molecule has 5 nitrogen and oxygen atoms in total. The Kier molecular flexibility index (Phi) is 4.50. The van der Waals surface area contributed by atoms with E-state index in [0.29, 0.717) is 18.9 Å². The molecule has 2 aliphatic heterocycles. The Morgan fingerprint density at radius 2 is 1.96 bits per heavy atom. The third-order valence-electron chi connectivity index (χ3n) is 7.39. The van der Waals surface area contributed by atoms with Gasteiger partial charge in [-0.1, -0.05) is 12.5 Å². The van der Waals surface area contributed by atoms with Crippen LogP contribution >= 0.6 is 0 Å². The average molecular weight is 371 g/mol. The number of amides is 1. The Hall–Kier alpha value is -1.75. The van der Waals surface area contributed by atoms with Crippen molar-refractivity contribution in [2.24, 2.45) is 17.8 Å². The predicted octanol–water partition coefficient (Wildman–Crippen LogP) is 3.41. The first-order chi connectivity index (χ1) is 13.2. The van der Waals surface area contributed by atoms with Gasteiger partial charge in [0.1, 0.15) is 0 Å². The van der Waals surface area contributed by atoms with Crippen molar-refractivity contribution in [3.8, 4) is 11.5 Å². The van der Waals surface area contributed by atoms with Gasteiger partial charge in [0, 0.05) is 31.6 Å². The van der Waals surface area contributed by atoms with E-state index < -0.39 is 0 Å². The Morgan fingerprint density at radius 3 is 2.74 bits per heavy atom. The topological polar surface area (TPSA) is 56.8 Å². The Labute approximate surface area is 160 Å². The van der Waals surface area contributed by atoms with E-state index in [1.165, 1.54) is 31.2 Å². The number of rotatable bonds is 5. The molecule has 0 radical (unpaired) electrons. The van der Waals surface area contributed by atoms with Crippen LogP contribution in [0.25, 0.3) is 0 Å². The highest BCUT2D eigenvalue weighted by atomic mass is 16.7. The monoisotopic (exact) mass is 371 g/mol. The lowest BCUT2D eigenvalue weighted by Gasteiger charge is -2.38. The first-order valence-electron chi connectivity index (χ1n) is 10.5. The normalized spacial score (nSPS) is 30.4. The molecule has 1 saturated heterocycles. The number of ether oxygens (including phenoxy) is 3. The molecule has 146 valence electrons. The van der Waals surface area contributed by atoms with Crippen LogP contribution in [-0.4, -0.2) is 32.5 Å². The van der Waals surface area contributed by atoms with Crippen molar-refractivity contribution in [3.05, 3.63) is 23.8 Å². The van der Waals surface area contributed by atoms with Crippen molar-refractivity contribution >= 4 is 5.91 Å². The molecule has 2 bridgehead atoms. The maximum atomic E-state index is 12.7. The number of carbonyl (C=O) groups is 1. The zero-order chi connectivity index (χ0) is 18.3. The van der Waals surface area contributed by atoms with Gasteiger partial charge in [0.2, 0.25) is 12.7 Å². The first kappa shape index (κ1) is 17.4. The molecule has 1 N–H and O–H groups in total. The molecule has 27 heavy (non-hydrogen) atoms. The lowest BCUT2D eigenvalue weighted by Crippen LogP contribution is -2.45. The van der Waals surface area contributed by atoms with Crippen LogP contribution in [0, 0.1) is 17.8 Å². The summed E-state index contributed by atoms with van der Waals surface area (Å²) in [6, 6.07) is 6.21. The molecule has 5 heteroatoms. The van der Waals surface area contributed by atoms with E-state index in [1.54, 1.807) is 0 Å². The van der Waals surface area contributed by atoms with Gasteiger partial charge in [0.05, 0.1) is 0 Å². The number of fused-ring (bicyclic) bond motifs is 3. The highest BCUT2D eigenvalue weighted by Gasteiger charge is 2.41. The number of hydrogen-bond donors (Lipinski definition) is 1. The fourth-order valence-electron chi connectivity index (χ4n) is 5.76. The van der Waals surface area contributed by atoms with Gasteiger partial charge in [-0.15, -0.1) is 0 Å². The van der Waals surface area contributed by atoms with E-state index in [9.17, 15) is 4.79 Å². The lowest BCUT2D eigenvalue weighted by molar-refractivity contribution is -0.122. The third-order valence-corrected chi connectivity index (χ3v) is 7.39. The van der Waals surface area contributed by atoms with Crippen LogP contribution in [-0.2, 0) is 14.9 Å². The van der Waals surface area contributed by atoms with Crippen LogP contribution in [0.2, 0.25) is 0 Å². The fourth-order valence-corrected chi connectivity index (χ4v) is 5.76. The van der Waals surface area contributed by atoms with Crippen molar-refractivity contribution in [1.82, 2.24) is 5.32 Å². The standard InChI is InChI=1S/C22H29NO4/c24-21(11-17-10-15-1-2-16(17)9-15)23-13-22(5-7-25-8-6-22)18-3-4-19-20(12-18)27-14-26-19/h3-4,12,15-17H,1-2,5-11,13-14H2,(H,23,24). The van der Waals surface area contributed by atoms with Gasteiger partial charge in [-0.2, -0.15) is 0 Å². The minimum absolute atomic E-state index is 0.0798. The molecule has 2 heterocycles. The zero-order valence-corrected chi connectivity index (χ0v) is 15.9. The Balaban J connectivity index is 1.27. The van der Waals surface area contributed by atoms with Crippen LogP contribution < -0.4 is 14.8 Å². The fraction of sp³-hybridized carbons (Fsp3) is 0.682. The molecule has 1 aromatic rings. The van der Waals surface area contributed by atoms with Crippen molar-refractivity contribution < 1.29 is 19.0 Å². The van der Waals surface area contributed by atoms with Gasteiger partial charge >= 0.3 is 0 Å². The predicted molar refractivity (Wildman–Crippen MR) is 101 cm³/mol. The summed E-state index contributed by atoms with van der Waals surface area (Å²) in [6.07, 6.45) is 7.88. The summed E-state index contributed by atoms with van der Waals surface area (Å²) in [5, 5.41) is 3.28.